The average molecular weight is 466 g/mol. The van der Waals surface area contributed by atoms with E-state index >= 15 is 0 Å². The Balaban J connectivity index is 1.73. The Bertz CT molecular complexity index is 1270. The van der Waals surface area contributed by atoms with Gasteiger partial charge in [0.2, 0.25) is 5.75 Å². The number of ether oxygens (including phenoxy) is 3. The third-order valence-corrected chi connectivity index (χ3v) is 5.77. The third-order valence-electron chi connectivity index (χ3n) is 5.77. The highest BCUT2D eigenvalue weighted by Crippen LogP contribution is 2.39. The molecule has 3 aromatic heterocycles. The van der Waals surface area contributed by atoms with Crippen LogP contribution in [0.1, 0.15) is 51.9 Å². The van der Waals surface area contributed by atoms with Crippen molar-refractivity contribution in [1.82, 2.24) is 29.3 Å². The zero-order valence-corrected chi connectivity index (χ0v) is 20.7. The first-order valence-corrected chi connectivity index (χ1v) is 11.3. The number of aromatic nitrogens is 6. The van der Waals surface area contributed by atoms with E-state index in [4.69, 9.17) is 24.2 Å². The van der Waals surface area contributed by atoms with Crippen molar-refractivity contribution in [3.63, 3.8) is 0 Å². The average Bonchev–Trinajstić information content (AvgIpc) is 3.49. The Morgan fingerprint density at radius 3 is 2.29 bits per heavy atom. The fraction of sp³-hybridized carbons (Fsp3) is 0.417. The summed E-state index contributed by atoms with van der Waals surface area (Å²) in [6.07, 6.45) is 6.36. The molecule has 4 aromatic rings. The smallest absolute Gasteiger partial charge is 0.203 e. The zero-order chi connectivity index (χ0) is 24.4. The molecule has 0 saturated heterocycles. The first-order valence-electron chi connectivity index (χ1n) is 11.3. The van der Waals surface area contributed by atoms with E-state index in [-0.39, 0.29) is 12.0 Å². The van der Waals surface area contributed by atoms with Crippen LogP contribution in [0.15, 0.2) is 30.9 Å². The molecule has 0 unspecified atom stereocenters. The predicted molar refractivity (Wildman–Crippen MR) is 131 cm³/mol. The Hall–Kier alpha value is -3.82. The Labute approximate surface area is 198 Å². The summed E-state index contributed by atoms with van der Waals surface area (Å²) < 4.78 is 20.2. The summed E-state index contributed by atoms with van der Waals surface area (Å²) in [7, 11) is 4.76. The Morgan fingerprint density at radius 1 is 1.00 bits per heavy atom. The number of hydrogen-bond acceptors (Lipinski definition) is 8. The van der Waals surface area contributed by atoms with Crippen LogP contribution in [-0.4, -0.2) is 50.6 Å². The van der Waals surface area contributed by atoms with Crippen molar-refractivity contribution in [2.75, 3.05) is 26.6 Å². The molecule has 1 aromatic carbocycles. The van der Waals surface area contributed by atoms with Crippen LogP contribution in [0.25, 0.3) is 16.7 Å². The molecule has 0 saturated carbocycles. The minimum atomic E-state index is 0.169. The lowest BCUT2D eigenvalue weighted by Gasteiger charge is -2.14. The number of imidazole rings is 1. The molecule has 34 heavy (non-hydrogen) atoms. The lowest BCUT2D eigenvalue weighted by molar-refractivity contribution is 0.324. The van der Waals surface area contributed by atoms with Gasteiger partial charge in [-0.15, -0.1) is 0 Å². The minimum absolute atomic E-state index is 0.169. The number of nitrogens with one attached hydrogen (secondary N) is 1. The SMILES string of the molecule is CC[C@H](C)n1ncc2c(Nc3cn(-c4cc(OC)c(OC)c(OC)c4)cn3)nc(C(C)C)nc21. The highest BCUT2D eigenvalue weighted by Gasteiger charge is 2.18. The van der Waals surface area contributed by atoms with Gasteiger partial charge in [0, 0.05) is 18.1 Å². The molecule has 180 valence electrons. The molecule has 3 heterocycles. The summed E-state index contributed by atoms with van der Waals surface area (Å²) in [5.41, 5.74) is 1.63. The van der Waals surface area contributed by atoms with Gasteiger partial charge in [-0.25, -0.2) is 19.6 Å². The predicted octanol–water partition coefficient (Wildman–Crippen LogP) is 4.88. The van der Waals surface area contributed by atoms with Crippen LogP contribution < -0.4 is 19.5 Å². The molecular weight excluding hydrogens is 434 g/mol. The second-order valence-corrected chi connectivity index (χ2v) is 8.34. The van der Waals surface area contributed by atoms with Crippen molar-refractivity contribution in [3.05, 3.63) is 36.7 Å². The molecule has 0 bridgehead atoms. The molecule has 10 nitrogen and oxygen atoms in total. The maximum absolute atomic E-state index is 5.48. The van der Waals surface area contributed by atoms with Gasteiger partial charge in [0.05, 0.1) is 50.8 Å². The fourth-order valence-electron chi connectivity index (χ4n) is 3.66. The fourth-order valence-corrected chi connectivity index (χ4v) is 3.66. The van der Waals surface area contributed by atoms with Gasteiger partial charge in [-0.1, -0.05) is 20.8 Å². The molecule has 4 rings (SSSR count). The molecule has 0 aliphatic rings. The van der Waals surface area contributed by atoms with Gasteiger partial charge in [-0.05, 0) is 13.3 Å². The van der Waals surface area contributed by atoms with Crippen LogP contribution >= 0.6 is 0 Å². The number of hydrogen-bond donors (Lipinski definition) is 1. The molecule has 1 atom stereocenters. The maximum atomic E-state index is 5.48. The molecule has 0 amide bonds. The topological polar surface area (TPSA) is 101 Å². The van der Waals surface area contributed by atoms with Crippen LogP contribution in [0.5, 0.6) is 17.2 Å². The van der Waals surface area contributed by atoms with Crippen LogP contribution in [0, 0.1) is 0 Å². The van der Waals surface area contributed by atoms with Crippen LogP contribution in [0.3, 0.4) is 0 Å². The molecule has 0 aliphatic heterocycles. The molecule has 10 heteroatoms. The van der Waals surface area contributed by atoms with Gasteiger partial charge in [0.1, 0.15) is 23.8 Å². The standard InChI is InChI=1S/C24H31N7O3/c1-8-15(4)31-24-17(11-26-31)23(28-22(29-24)14(2)3)27-20-12-30(13-25-20)16-9-18(32-5)21(34-7)19(10-16)33-6/h9-15H,8H2,1-7H3,(H,27,28,29)/t15-/m0/s1. The Kier molecular flexibility index (Phi) is 6.58. The maximum Gasteiger partial charge on any atom is 0.203 e. The number of methoxy groups -OCH3 is 3. The molecule has 0 radical (unpaired) electrons. The zero-order valence-electron chi connectivity index (χ0n) is 20.7. The molecule has 0 fully saturated rings. The lowest BCUT2D eigenvalue weighted by Crippen LogP contribution is -2.09. The summed E-state index contributed by atoms with van der Waals surface area (Å²) in [6, 6.07) is 3.96. The number of rotatable bonds is 9. The monoisotopic (exact) mass is 465 g/mol. The minimum Gasteiger partial charge on any atom is -0.493 e. The molecule has 1 N–H and O–H groups in total. The number of nitrogens with zero attached hydrogens (tertiary/aromatic N) is 6. The van der Waals surface area contributed by atoms with E-state index in [1.165, 1.54) is 0 Å². The molecule has 0 spiro atoms. The third kappa shape index (κ3) is 4.23. The highest BCUT2D eigenvalue weighted by atomic mass is 16.5. The van der Waals surface area contributed by atoms with Crippen molar-refractivity contribution in [1.29, 1.82) is 0 Å². The second-order valence-electron chi connectivity index (χ2n) is 8.34. The number of anilines is 2. The van der Waals surface area contributed by atoms with Gasteiger partial charge in [-0.2, -0.15) is 5.10 Å². The van der Waals surface area contributed by atoms with Crippen LogP contribution in [0.2, 0.25) is 0 Å². The van der Waals surface area contributed by atoms with Crippen molar-refractivity contribution < 1.29 is 14.2 Å². The molecule has 0 aliphatic carbocycles. The Morgan fingerprint density at radius 2 is 1.71 bits per heavy atom. The van der Waals surface area contributed by atoms with Crippen LogP contribution in [-0.2, 0) is 0 Å². The quantitative estimate of drug-likeness (QED) is 0.373. The van der Waals surface area contributed by atoms with Gasteiger partial charge < -0.3 is 24.1 Å². The largest absolute Gasteiger partial charge is 0.493 e. The normalized spacial score (nSPS) is 12.2. The van der Waals surface area contributed by atoms with Crippen molar-refractivity contribution in [3.8, 4) is 22.9 Å². The van der Waals surface area contributed by atoms with E-state index in [0.717, 1.165) is 29.0 Å². The van der Waals surface area contributed by atoms with E-state index in [0.29, 0.717) is 28.9 Å². The van der Waals surface area contributed by atoms with Crippen molar-refractivity contribution in [2.45, 2.75) is 46.1 Å². The van der Waals surface area contributed by atoms with Gasteiger partial charge in [-0.3, -0.25) is 0 Å². The summed E-state index contributed by atoms with van der Waals surface area (Å²) in [6.45, 7) is 8.43. The second kappa shape index (κ2) is 9.58. The van der Waals surface area contributed by atoms with E-state index in [1.54, 1.807) is 27.7 Å². The van der Waals surface area contributed by atoms with Gasteiger partial charge in [0.15, 0.2) is 17.1 Å². The summed E-state index contributed by atoms with van der Waals surface area (Å²) in [5.74, 6) is 3.91. The van der Waals surface area contributed by atoms with Gasteiger partial charge >= 0.3 is 0 Å². The number of fused-ring (bicyclic) bond motifs is 1. The van der Waals surface area contributed by atoms with Gasteiger partial charge in [0.25, 0.3) is 0 Å². The summed E-state index contributed by atoms with van der Waals surface area (Å²) >= 11 is 0. The van der Waals surface area contributed by atoms with E-state index in [1.807, 2.05) is 33.8 Å². The highest BCUT2D eigenvalue weighted by molar-refractivity contribution is 5.88. The number of benzene rings is 1. The van der Waals surface area contributed by atoms with Crippen LogP contribution in [0.4, 0.5) is 11.6 Å². The van der Waals surface area contributed by atoms with E-state index in [2.05, 4.69) is 43.1 Å². The van der Waals surface area contributed by atoms with Crippen molar-refractivity contribution in [2.24, 2.45) is 0 Å². The lowest BCUT2D eigenvalue weighted by atomic mass is 10.2. The summed E-state index contributed by atoms with van der Waals surface area (Å²) in [4.78, 5) is 14.1. The molecular formula is C24H31N7O3. The first-order chi connectivity index (χ1) is 16.4. The van der Waals surface area contributed by atoms with E-state index < -0.39 is 0 Å². The first kappa shape index (κ1) is 23.3. The van der Waals surface area contributed by atoms with Crippen molar-refractivity contribution >= 4 is 22.7 Å². The summed E-state index contributed by atoms with van der Waals surface area (Å²) in [5, 5.41) is 8.80. The van der Waals surface area contributed by atoms with E-state index in [9.17, 15) is 0 Å².